The van der Waals surface area contributed by atoms with Crippen LogP contribution in [0, 0.1) is 0 Å². The van der Waals surface area contributed by atoms with Gasteiger partial charge in [0, 0.05) is 5.03 Å². The second-order valence-corrected chi connectivity index (χ2v) is 5.52. The molecule has 1 rings (SSSR count). The highest BCUT2D eigenvalue weighted by molar-refractivity contribution is 8.01. The predicted octanol–water partition coefficient (Wildman–Crippen LogP) is 2.14. The van der Waals surface area contributed by atoms with Crippen molar-refractivity contribution < 1.29 is 4.79 Å². The maximum atomic E-state index is 11.6. The van der Waals surface area contributed by atoms with Gasteiger partial charge in [-0.05, 0) is 25.5 Å². The van der Waals surface area contributed by atoms with Crippen LogP contribution in [0.5, 0.6) is 0 Å². The molecule has 0 radical (unpaired) electrons. The molecule has 1 atom stereocenters. The van der Waals surface area contributed by atoms with E-state index < -0.39 is 0 Å². The first-order chi connectivity index (χ1) is 6.04. The number of hydrogen-bond donors (Lipinski definition) is 1. The molecule has 1 N–H and O–H groups in total. The minimum Gasteiger partial charge on any atom is -0.350 e. The Kier molecular flexibility index (Phi) is 3.68. The van der Waals surface area contributed by atoms with Gasteiger partial charge in [0.1, 0.15) is 0 Å². The number of hydrogen-bond acceptors (Lipinski definition) is 2. The Morgan fingerprint density at radius 2 is 2.46 bits per heavy atom. The summed E-state index contributed by atoms with van der Waals surface area (Å²) in [5, 5.41) is 3.25. The zero-order valence-electron chi connectivity index (χ0n) is 7.73. The molecule has 2 nitrogen and oxygen atoms in total. The summed E-state index contributed by atoms with van der Waals surface area (Å²) in [6, 6.07) is 0. The Labute approximate surface area is 88.1 Å². The largest absolute Gasteiger partial charge is 0.350 e. The van der Waals surface area contributed by atoms with Crippen molar-refractivity contribution in [3.63, 3.8) is 0 Å². The summed E-state index contributed by atoms with van der Waals surface area (Å²) in [5.74, 6) is 1.16. The van der Waals surface area contributed by atoms with Crippen LogP contribution in [0.15, 0.2) is 11.6 Å². The lowest BCUT2D eigenvalue weighted by atomic mass is 10.1. The van der Waals surface area contributed by atoms with E-state index in [2.05, 4.69) is 11.9 Å². The molecule has 1 heterocycles. The van der Waals surface area contributed by atoms with Crippen LogP contribution in [-0.2, 0) is 4.79 Å². The molecule has 74 valence electrons. The summed E-state index contributed by atoms with van der Waals surface area (Å²) in [7, 11) is 0. The Bertz CT molecular complexity index is 224. The fraction of sp³-hybridized carbons (Fsp3) is 0.667. The summed E-state index contributed by atoms with van der Waals surface area (Å²) >= 11 is 7.28. The van der Waals surface area contributed by atoms with Gasteiger partial charge >= 0.3 is 0 Å². The maximum Gasteiger partial charge on any atom is 0.236 e. The molecule has 0 bridgehead atoms. The minimum absolute atomic E-state index is 0.0804. The van der Waals surface area contributed by atoms with Crippen molar-refractivity contribution in [2.45, 2.75) is 24.5 Å². The average molecular weight is 220 g/mol. The van der Waals surface area contributed by atoms with E-state index in [9.17, 15) is 4.79 Å². The zero-order valence-corrected chi connectivity index (χ0v) is 9.30. The average Bonchev–Trinajstić information content (AvgIpc) is 2.49. The molecule has 0 aromatic rings. The molecule has 0 saturated carbocycles. The molecule has 1 unspecified atom stereocenters. The molecule has 0 aliphatic carbocycles. The van der Waals surface area contributed by atoms with Crippen LogP contribution in [0.3, 0.4) is 0 Å². The Hall–Kier alpha value is -0.150. The normalized spacial score (nSPS) is 27.2. The van der Waals surface area contributed by atoms with E-state index in [0.29, 0.717) is 11.6 Å². The van der Waals surface area contributed by atoms with Crippen molar-refractivity contribution in [3.8, 4) is 0 Å². The number of amides is 1. The van der Waals surface area contributed by atoms with Crippen molar-refractivity contribution >= 4 is 29.3 Å². The number of nitrogens with one attached hydrogen (secondary N) is 1. The van der Waals surface area contributed by atoms with Gasteiger partial charge in [0.15, 0.2) is 0 Å². The summed E-state index contributed by atoms with van der Waals surface area (Å²) in [5.41, 5.74) is 0. The lowest BCUT2D eigenvalue weighted by Crippen LogP contribution is -2.40. The molecular weight excluding hydrogens is 206 g/mol. The highest BCUT2D eigenvalue weighted by Gasteiger charge is 2.36. The van der Waals surface area contributed by atoms with Gasteiger partial charge in [-0.3, -0.25) is 4.79 Å². The van der Waals surface area contributed by atoms with Crippen LogP contribution < -0.4 is 5.32 Å². The van der Waals surface area contributed by atoms with Crippen molar-refractivity contribution in [3.05, 3.63) is 11.6 Å². The number of carbonyl (C=O) groups excluding carboxylic acids is 1. The quantitative estimate of drug-likeness (QED) is 0.788. The van der Waals surface area contributed by atoms with E-state index >= 15 is 0 Å². The fourth-order valence-electron chi connectivity index (χ4n) is 1.32. The van der Waals surface area contributed by atoms with Crippen LogP contribution in [0.2, 0.25) is 0 Å². The van der Waals surface area contributed by atoms with Crippen LogP contribution in [-0.4, -0.2) is 23.0 Å². The van der Waals surface area contributed by atoms with Crippen LogP contribution in [0.25, 0.3) is 0 Å². The van der Waals surface area contributed by atoms with Gasteiger partial charge in [-0.1, -0.05) is 18.2 Å². The lowest BCUT2D eigenvalue weighted by Gasteiger charge is -2.21. The molecule has 1 fully saturated rings. The molecule has 1 saturated heterocycles. The molecule has 1 aliphatic heterocycles. The predicted molar refractivity (Wildman–Crippen MR) is 58.1 cm³/mol. The molecule has 13 heavy (non-hydrogen) atoms. The van der Waals surface area contributed by atoms with Gasteiger partial charge in [-0.25, -0.2) is 0 Å². The van der Waals surface area contributed by atoms with Gasteiger partial charge in [0.05, 0.1) is 11.3 Å². The lowest BCUT2D eigenvalue weighted by molar-refractivity contribution is -0.122. The first-order valence-corrected chi connectivity index (χ1v) is 5.66. The van der Waals surface area contributed by atoms with E-state index in [1.54, 1.807) is 11.8 Å². The summed E-state index contributed by atoms with van der Waals surface area (Å²) < 4.78 is -0.244. The Morgan fingerprint density at radius 3 is 2.92 bits per heavy atom. The van der Waals surface area contributed by atoms with Gasteiger partial charge in [-0.2, -0.15) is 0 Å². The molecule has 0 spiro atoms. The Morgan fingerprint density at radius 1 is 1.77 bits per heavy atom. The third kappa shape index (κ3) is 2.92. The maximum absolute atomic E-state index is 11.6. The third-order valence-corrected chi connectivity index (χ3v) is 3.79. The van der Waals surface area contributed by atoms with Gasteiger partial charge in [0.25, 0.3) is 0 Å². The molecular formula is C9H14ClNOS. The molecule has 1 amide bonds. The van der Waals surface area contributed by atoms with Gasteiger partial charge < -0.3 is 5.32 Å². The van der Waals surface area contributed by atoms with Gasteiger partial charge in [-0.15, -0.1) is 11.8 Å². The molecule has 1 aliphatic rings. The van der Waals surface area contributed by atoms with Crippen LogP contribution >= 0.6 is 23.4 Å². The van der Waals surface area contributed by atoms with Crippen LogP contribution in [0.1, 0.15) is 19.8 Å². The van der Waals surface area contributed by atoms with E-state index in [1.165, 1.54) is 0 Å². The molecule has 4 heteroatoms. The summed E-state index contributed by atoms with van der Waals surface area (Å²) in [6.07, 6.45) is 2.08. The topological polar surface area (TPSA) is 29.1 Å². The first-order valence-electron chi connectivity index (χ1n) is 4.30. The fourth-order valence-corrected chi connectivity index (χ4v) is 2.62. The second kappa shape index (κ2) is 4.38. The summed E-state index contributed by atoms with van der Waals surface area (Å²) in [4.78, 5) is 11.6. The zero-order chi connectivity index (χ0) is 9.90. The van der Waals surface area contributed by atoms with E-state index in [0.717, 1.165) is 18.6 Å². The minimum atomic E-state index is -0.244. The number of halogens is 1. The van der Waals surface area contributed by atoms with Gasteiger partial charge in [0.2, 0.25) is 5.91 Å². The summed E-state index contributed by atoms with van der Waals surface area (Å²) in [6.45, 7) is 5.88. The number of thioether (sulfide) groups is 1. The van der Waals surface area contributed by atoms with Crippen molar-refractivity contribution in [2.24, 2.45) is 0 Å². The highest BCUT2D eigenvalue weighted by atomic mass is 35.5. The van der Waals surface area contributed by atoms with Crippen molar-refractivity contribution in [2.75, 3.05) is 12.3 Å². The van der Waals surface area contributed by atoms with Crippen molar-refractivity contribution in [1.29, 1.82) is 0 Å². The Balaban J connectivity index is 2.42. The molecule has 0 aromatic heterocycles. The second-order valence-electron chi connectivity index (χ2n) is 3.38. The van der Waals surface area contributed by atoms with Crippen LogP contribution in [0.4, 0.5) is 0 Å². The SMILES string of the molecule is C=C(Cl)CNC(=O)C1(C)CCCS1. The number of rotatable bonds is 3. The van der Waals surface area contributed by atoms with E-state index in [-0.39, 0.29) is 10.7 Å². The van der Waals surface area contributed by atoms with Crippen molar-refractivity contribution in [1.82, 2.24) is 5.32 Å². The first kappa shape index (κ1) is 10.9. The van der Waals surface area contributed by atoms with E-state index in [4.69, 9.17) is 11.6 Å². The smallest absolute Gasteiger partial charge is 0.236 e. The van der Waals surface area contributed by atoms with E-state index in [1.807, 2.05) is 6.92 Å². The monoisotopic (exact) mass is 219 g/mol. The standard InChI is InChI=1S/C9H14ClNOS/c1-7(10)6-11-8(12)9(2)4-3-5-13-9/h1,3-6H2,2H3,(H,11,12). The molecule has 0 aromatic carbocycles. The third-order valence-electron chi connectivity index (χ3n) is 2.14. The highest BCUT2D eigenvalue weighted by Crippen LogP contribution is 2.37. The number of carbonyl (C=O) groups is 1.